The first-order valence-corrected chi connectivity index (χ1v) is 8.81. The van der Waals surface area contributed by atoms with Crippen LogP contribution in [0.1, 0.15) is 35.9 Å². The molecule has 0 bridgehead atoms. The Hall–Kier alpha value is -2.15. The minimum Gasteiger partial charge on any atom is -0.493 e. The molecule has 128 valence electrons. The van der Waals surface area contributed by atoms with Crippen LogP contribution in [-0.2, 0) is 4.79 Å². The molecule has 6 nitrogen and oxygen atoms in total. The molecule has 2 atom stereocenters. The van der Waals surface area contributed by atoms with Crippen molar-refractivity contribution < 1.29 is 14.3 Å². The molecule has 2 aromatic rings. The summed E-state index contributed by atoms with van der Waals surface area (Å²) in [5, 5.41) is 9.91. The zero-order chi connectivity index (χ0) is 17.3. The number of amides is 1. The molecular weight excluding hydrogens is 326 g/mol. The number of hydrogen-bond acceptors (Lipinski definition) is 5. The number of H-pyrrole nitrogens is 1. The van der Waals surface area contributed by atoms with E-state index >= 15 is 0 Å². The molecular formula is C17H21N3O3S. The topological polar surface area (TPSA) is 76.2 Å². The molecule has 24 heavy (non-hydrogen) atoms. The highest BCUT2D eigenvalue weighted by Crippen LogP contribution is 2.46. The summed E-state index contributed by atoms with van der Waals surface area (Å²) in [5.74, 6) is 1.97. The molecule has 0 spiro atoms. The van der Waals surface area contributed by atoms with Crippen LogP contribution in [0.3, 0.4) is 0 Å². The van der Waals surface area contributed by atoms with E-state index in [0.29, 0.717) is 23.9 Å². The maximum absolute atomic E-state index is 12.2. The molecule has 1 aromatic heterocycles. The van der Waals surface area contributed by atoms with E-state index in [1.807, 2.05) is 39.0 Å². The smallest absolute Gasteiger partial charge is 0.238 e. The van der Waals surface area contributed by atoms with Crippen LogP contribution in [0.5, 0.6) is 11.5 Å². The Kier molecular flexibility index (Phi) is 4.71. The molecule has 0 saturated heterocycles. The van der Waals surface area contributed by atoms with E-state index in [2.05, 4.69) is 15.5 Å². The van der Waals surface area contributed by atoms with Crippen LogP contribution in [0.4, 0.5) is 5.82 Å². The number of fused-ring (bicyclic) bond motifs is 1. The van der Waals surface area contributed by atoms with Gasteiger partial charge in [-0.1, -0.05) is 6.07 Å². The van der Waals surface area contributed by atoms with E-state index in [1.54, 1.807) is 18.9 Å². The van der Waals surface area contributed by atoms with Crippen molar-refractivity contribution in [1.29, 1.82) is 0 Å². The average molecular weight is 347 g/mol. The fourth-order valence-corrected chi connectivity index (χ4v) is 4.09. The summed E-state index contributed by atoms with van der Waals surface area (Å²) >= 11 is 1.60. The summed E-state index contributed by atoms with van der Waals surface area (Å²) in [6.45, 7) is 6.39. The highest BCUT2D eigenvalue weighted by Gasteiger charge is 2.32. The second-order valence-electron chi connectivity index (χ2n) is 5.60. The van der Waals surface area contributed by atoms with E-state index in [-0.39, 0.29) is 16.4 Å². The number of hydrogen-bond donors (Lipinski definition) is 2. The Morgan fingerprint density at radius 1 is 1.33 bits per heavy atom. The number of aryl methyl sites for hydroxylation is 1. The second kappa shape index (κ2) is 6.76. The van der Waals surface area contributed by atoms with Gasteiger partial charge in [0.05, 0.1) is 24.2 Å². The minimum absolute atomic E-state index is 0.0164. The third kappa shape index (κ3) is 2.96. The number of carbonyl (C=O) groups excluding carboxylic acids is 1. The van der Waals surface area contributed by atoms with E-state index in [4.69, 9.17) is 9.47 Å². The molecule has 1 aromatic carbocycles. The van der Waals surface area contributed by atoms with Crippen LogP contribution in [0.25, 0.3) is 0 Å². The molecule has 0 saturated carbocycles. The Balaban J connectivity index is 2.07. The highest BCUT2D eigenvalue weighted by atomic mass is 32.2. The van der Waals surface area contributed by atoms with Crippen molar-refractivity contribution in [2.24, 2.45) is 0 Å². The number of nitrogens with one attached hydrogen (secondary N) is 2. The predicted molar refractivity (Wildman–Crippen MR) is 95.0 cm³/mol. The number of aromatic nitrogens is 2. The van der Waals surface area contributed by atoms with Gasteiger partial charge in [0.15, 0.2) is 17.3 Å². The van der Waals surface area contributed by atoms with Crippen molar-refractivity contribution in [3.05, 3.63) is 35.0 Å². The first-order chi connectivity index (χ1) is 11.5. The van der Waals surface area contributed by atoms with Crippen molar-refractivity contribution >= 4 is 23.5 Å². The lowest BCUT2D eigenvalue weighted by atomic mass is 10.0. The van der Waals surface area contributed by atoms with Gasteiger partial charge in [-0.2, -0.15) is 5.10 Å². The van der Waals surface area contributed by atoms with Crippen LogP contribution in [0.15, 0.2) is 18.2 Å². The van der Waals surface area contributed by atoms with Crippen LogP contribution in [0.2, 0.25) is 0 Å². The maximum Gasteiger partial charge on any atom is 0.238 e. The Bertz CT molecular complexity index is 760. The third-order valence-corrected chi connectivity index (χ3v) is 5.40. The number of methoxy groups -OCH3 is 1. The van der Waals surface area contributed by atoms with E-state index < -0.39 is 0 Å². The summed E-state index contributed by atoms with van der Waals surface area (Å²) in [6.07, 6.45) is 0. The first kappa shape index (κ1) is 16.7. The van der Waals surface area contributed by atoms with Gasteiger partial charge in [-0.3, -0.25) is 9.89 Å². The summed E-state index contributed by atoms with van der Waals surface area (Å²) in [6, 6.07) is 5.91. The standard InChI is InChI=1S/C17H21N3O3S/c1-5-23-12-7-6-11(8-13(12)22-4)15-14-9(2)19-20-16(14)18-17(21)10(3)24-15/h6-8,10,15H,5H2,1-4H3,(H2,18,19,20,21)/t10-,15-/m0/s1. The molecule has 0 unspecified atom stereocenters. The van der Waals surface area contributed by atoms with Crippen LogP contribution in [0, 0.1) is 6.92 Å². The summed E-state index contributed by atoms with van der Waals surface area (Å²) < 4.78 is 11.1. The maximum atomic E-state index is 12.2. The summed E-state index contributed by atoms with van der Waals surface area (Å²) in [4.78, 5) is 12.2. The number of anilines is 1. The molecule has 1 amide bonds. The van der Waals surface area contributed by atoms with Crippen molar-refractivity contribution in [1.82, 2.24) is 10.2 Å². The zero-order valence-corrected chi connectivity index (χ0v) is 15.0. The molecule has 0 aliphatic carbocycles. The number of benzene rings is 1. The van der Waals surface area contributed by atoms with Gasteiger partial charge in [-0.05, 0) is 38.5 Å². The molecule has 1 aliphatic heterocycles. The number of nitrogens with zero attached hydrogens (tertiary/aromatic N) is 1. The monoisotopic (exact) mass is 347 g/mol. The molecule has 2 N–H and O–H groups in total. The molecule has 0 fully saturated rings. The molecule has 2 heterocycles. The van der Waals surface area contributed by atoms with Gasteiger partial charge in [0.2, 0.25) is 5.91 Å². The summed E-state index contributed by atoms with van der Waals surface area (Å²) in [7, 11) is 1.63. The molecule has 1 aliphatic rings. The van der Waals surface area contributed by atoms with Gasteiger partial charge in [0.25, 0.3) is 0 Å². The van der Waals surface area contributed by atoms with Crippen molar-refractivity contribution in [3.63, 3.8) is 0 Å². The lowest BCUT2D eigenvalue weighted by molar-refractivity contribution is -0.115. The van der Waals surface area contributed by atoms with Crippen LogP contribution >= 0.6 is 11.8 Å². The van der Waals surface area contributed by atoms with Crippen molar-refractivity contribution in [2.45, 2.75) is 31.3 Å². The normalized spacial score (nSPS) is 20.1. The quantitative estimate of drug-likeness (QED) is 0.887. The van der Waals surface area contributed by atoms with Crippen molar-refractivity contribution in [3.8, 4) is 11.5 Å². The lowest BCUT2D eigenvalue weighted by Gasteiger charge is -2.19. The number of thioether (sulfide) groups is 1. The largest absolute Gasteiger partial charge is 0.493 e. The predicted octanol–water partition coefficient (Wildman–Crippen LogP) is 3.29. The Morgan fingerprint density at radius 2 is 2.12 bits per heavy atom. The highest BCUT2D eigenvalue weighted by molar-refractivity contribution is 8.01. The van der Waals surface area contributed by atoms with Gasteiger partial charge in [-0.25, -0.2) is 0 Å². The number of ether oxygens (including phenoxy) is 2. The molecule has 0 radical (unpaired) electrons. The lowest BCUT2D eigenvalue weighted by Crippen LogP contribution is -2.21. The van der Waals surface area contributed by atoms with Crippen molar-refractivity contribution in [2.75, 3.05) is 19.0 Å². The number of rotatable bonds is 4. The minimum atomic E-state index is -0.179. The van der Waals surface area contributed by atoms with E-state index in [9.17, 15) is 4.79 Å². The third-order valence-electron chi connectivity index (χ3n) is 4.00. The summed E-state index contributed by atoms with van der Waals surface area (Å²) in [5.41, 5.74) is 3.00. The van der Waals surface area contributed by atoms with Crippen LogP contribution in [-0.4, -0.2) is 35.1 Å². The second-order valence-corrected chi connectivity index (χ2v) is 7.05. The zero-order valence-electron chi connectivity index (χ0n) is 14.2. The van der Waals surface area contributed by atoms with Gasteiger partial charge < -0.3 is 14.8 Å². The van der Waals surface area contributed by atoms with Gasteiger partial charge in [0, 0.05) is 11.3 Å². The van der Waals surface area contributed by atoms with Crippen LogP contribution < -0.4 is 14.8 Å². The molecule has 7 heteroatoms. The number of carbonyl (C=O) groups is 1. The first-order valence-electron chi connectivity index (χ1n) is 7.87. The van der Waals surface area contributed by atoms with Gasteiger partial charge in [-0.15, -0.1) is 11.8 Å². The fraction of sp³-hybridized carbons (Fsp3) is 0.412. The average Bonchev–Trinajstić information content (AvgIpc) is 2.87. The molecule has 3 rings (SSSR count). The SMILES string of the molecule is CCOc1ccc([C@@H]2S[C@@H](C)C(=O)Nc3n[nH]c(C)c32)cc1OC. The van der Waals surface area contributed by atoms with Gasteiger partial charge in [0.1, 0.15) is 0 Å². The van der Waals surface area contributed by atoms with Gasteiger partial charge >= 0.3 is 0 Å². The Labute approximate surface area is 145 Å². The number of aromatic amines is 1. The van der Waals surface area contributed by atoms with E-state index in [1.165, 1.54) is 0 Å². The Morgan fingerprint density at radius 3 is 2.83 bits per heavy atom. The fourth-order valence-electron chi connectivity index (χ4n) is 2.77. The van der Waals surface area contributed by atoms with E-state index in [0.717, 1.165) is 16.8 Å².